The van der Waals surface area contributed by atoms with Crippen LogP contribution in [0.5, 0.6) is 0 Å². The second kappa shape index (κ2) is 7.64. The first-order chi connectivity index (χ1) is 10.6. The first kappa shape index (κ1) is 16.1. The van der Waals surface area contributed by atoms with Crippen LogP contribution in [0.25, 0.3) is 0 Å². The van der Waals surface area contributed by atoms with Crippen molar-refractivity contribution in [3.05, 3.63) is 65.2 Å². The smallest absolute Gasteiger partial charge is 0.319 e. The van der Waals surface area contributed by atoms with Crippen LogP contribution in [0.2, 0.25) is 0 Å². The Bertz CT molecular complexity index is 618. The van der Waals surface area contributed by atoms with Crippen LogP contribution in [0.4, 0.5) is 10.5 Å². The fourth-order valence-electron chi connectivity index (χ4n) is 2.33. The Balaban J connectivity index is 1.79. The van der Waals surface area contributed by atoms with Gasteiger partial charge < -0.3 is 10.6 Å². The molecule has 0 spiro atoms. The number of amides is 2. The quantitative estimate of drug-likeness (QED) is 0.839. The number of anilines is 1. The number of aryl methyl sites for hydroxylation is 1. The van der Waals surface area contributed by atoms with Crippen LogP contribution in [-0.4, -0.2) is 12.6 Å². The van der Waals surface area contributed by atoms with Crippen LogP contribution in [0, 0.1) is 6.92 Å². The lowest BCUT2D eigenvalue weighted by Gasteiger charge is -2.10. The minimum Gasteiger partial charge on any atom is -0.338 e. The summed E-state index contributed by atoms with van der Waals surface area (Å²) in [6.45, 7) is 7.02. The van der Waals surface area contributed by atoms with E-state index in [0.717, 1.165) is 12.1 Å². The Labute approximate surface area is 132 Å². The van der Waals surface area contributed by atoms with Gasteiger partial charge in [-0.3, -0.25) is 0 Å². The molecule has 0 unspecified atom stereocenters. The van der Waals surface area contributed by atoms with Gasteiger partial charge in [0.1, 0.15) is 0 Å². The maximum Gasteiger partial charge on any atom is 0.319 e. The van der Waals surface area contributed by atoms with Gasteiger partial charge in [0.15, 0.2) is 0 Å². The third-order valence-corrected chi connectivity index (χ3v) is 3.78. The Kier molecular flexibility index (Phi) is 5.59. The number of hydrogen-bond acceptors (Lipinski definition) is 1. The molecule has 0 aromatic heterocycles. The zero-order chi connectivity index (χ0) is 15.9. The van der Waals surface area contributed by atoms with E-state index in [1.165, 1.54) is 16.7 Å². The van der Waals surface area contributed by atoms with Gasteiger partial charge in [0.05, 0.1) is 0 Å². The van der Waals surface area contributed by atoms with E-state index in [1.54, 1.807) is 0 Å². The van der Waals surface area contributed by atoms with Crippen molar-refractivity contribution < 1.29 is 4.79 Å². The summed E-state index contributed by atoms with van der Waals surface area (Å²) in [5.41, 5.74) is 4.61. The van der Waals surface area contributed by atoms with Crippen LogP contribution in [0.15, 0.2) is 48.5 Å². The Morgan fingerprint density at radius 3 is 2.36 bits per heavy atom. The summed E-state index contributed by atoms with van der Waals surface area (Å²) in [6.07, 6.45) is 0.840. The predicted molar refractivity (Wildman–Crippen MR) is 92.4 cm³/mol. The zero-order valence-corrected chi connectivity index (χ0v) is 13.5. The van der Waals surface area contributed by atoms with E-state index in [2.05, 4.69) is 43.5 Å². The molecule has 0 fully saturated rings. The number of carbonyl (C=O) groups is 1. The maximum absolute atomic E-state index is 11.9. The average molecular weight is 296 g/mol. The maximum atomic E-state index is 11.9. The summed E-state index contributed by atoms with van der Waals surface area (Å²) >= 11 is 0. The van der Waals surface area contributed by atoms with Crippen molar-refractivity contribution >= 4 is 11.7 Å². The lowest BCUT2D eigenvalue weighted by Crippen LogP contribution is -2.30. The number of carbonyl (C=O) groups excluding carboxylic acids is 1. The summed E-state index contributed by atoms with van der Waals surface area (Å²) in [6, 6.07) is 16.1. The number of nitrogens with one attached hydrogen (secondary N) is 2. The first-order valence-corrected chi connectivity index (χ1v) is 7.75. The van der Waals surface area contributed by atoms with Gasteiger partial charge in [0, 0.05) is 12.2 Å². The van der Waals surface area contributed by atoms with Crippen LogP contribution >= 0.6 is 0 Å². The lowest BCUT2D eigenvalue weighted by molar-refractivity contribution is 0.252. The third-order valence-electron chi connectivity index (χ3n) is 3.78. The fraction of sp³-hybridized carbons (Fsp3) is 0.316. The fourth-order valence-corrected chi connectivity index (χ4v) is 2.33. The molecule has 0 bridgehead atoms. The number of hydrogen-bond donors (Lipinski definition) is 2. The second-order valence-electron chi connectivity index (χ2n) is 5.83. The Morgan fingerprint density at radius 1 is 1.05 bits per heavy atom. The van der Waals surface area contributed by atoms with Crippen molar-refractivity contribution in [3.8, 4) is 0 Å². The van der Waals surface area contributed by atoms with Gasteiger partial charge in [-0.15, -0.1) is 0 Å². The standard InChI is InChI=1S/C19H24N2O/c1-14(2)16-8-10-18(11-9-16)21-19(22)20-13-12-17-7-5-4-6-15(17)3/h4-11,14H,12-13H2,1-3H3,(H2,20,21,22). The van der Waals surface area contributed by atoms with E-state index in [9.17, 15) is 4.79 Å². The van der Waals surface area contributed by atoms with Crippen LogP contribution in [-0.2, 0) is 6.42 Å². The zero-order valence-electron chi connectivity index (χ0n) is 13.5. The molecule has 2 aromatic rings. The average Bonchev–Trinajstić information content (AvgIpc) is 2.50. The number of urea groups is 1. The highest BCUT2D eigenvalue weighted by Crippen LogP contribution is 2.17. The number of rotatable bonds is 5. The summed E-state index contributed by atoms with van der Waals surface area (Å²) in [5.74, 6) is 0.497. The molecular formula is C19H24N2O. The molecule has 2 rings (SSSR count). The van der Waals surface area contributed by atoms with Crippen molar-refractivity contribution in [1.82, 2.24) is 5.32 Å². The number of benzene rings is 2. The highest BCUT2D eigenvalue weighted by Gasteiger charge is 2.03. The van der Waals surface area contributed by atoms with E-state index in [1.807, 2.05) is 36.4 Å². The van der Waals surface area contributed by atoms with Gasteiger partial charge in [0.2, 0.25) is 0 Å². The normalized spacial score (nSPS) is 10.5. The topological polar surface area (TPSA) is 41.1 Å². The first-order valence-electron chi connectivity index (χ1n) is 7.75. The van der Waals surface area contributed by atoms with Gasteiger partial charge in [-0.05, 0) is 48.1 Å². The molecule has 0 saturated heterocycles. The largest absolute Gasteiger partial charge is 0.338 e. The molecule has 2 N–H and O–H groups in total. The Hall–Kier alpha value is -2.29. The van der Waals surface area contributed by atoms with E-state index < -0.39 is 0 Å². The van der Waals surface area contributed by atoms with Crippen LogP contribution in [0.3, 0.4) is 0 Å². The van der Waals surface area contributed by atoms with Crippen molar-refractivity contribution in [2.75, 3.05) is 11.9 Å². The summed E-state index contributed by atoms with van der Waals surface area (Å²) in [7, 11) is 0. The molecule has 0 saturated carbocycles. The van der Waals surface area contributed by atoms with E-state index in [-0.39, 0.29) is 6.03 Å². The van der Waals surface area contributed by atoms with Crippen molar-refractivity contribution in [2.24, 2.45) is 0 Å². The molecule has 0 aliphatic carbocycles. The molecule has 0 heterocycles. The highest BCUT2D eigenvalue weighted by atomic mass is 16.2. The summed E-state index contributed by atoms with van der Waals surface area (Å²) in [4.78, 5) is 11.9. The highest BCUT2D eigenvalue weighted by molar-refractivity contribution is 5.89. The lowest BCUT2D eigenvalue weighted by atomic mass is 10.0. The second-order valence-corrected chi connectivity index (χ2v) is 5.83. The SMILES string of the molecule is Cc1ccccc1CCNC(=O)Nc1ccc(C(C)C)cc1. The van der Waals surface area contributed by atoms with Crippen LogP contribution < -0.4 is 10.6 Å². The third kappa shape index (κ3) is 4.62. The van der Waals surface area contributed by atoms with Gasteiger partial charge >= 0.3 is 6.03 Å². The minimum absolute atomic E-state index is 0.161. The van der Waals surface area contributed by atoms with Gasteiger partial charge in [0.25, 0.3) is 0 Å². The molecule has 0 aliphatic rings. The Morgan fingerprint density at radius 2 is 1.73 bits per heavy atom. The molecule has 0 aliphatic heterocycles. The molecule has 3 heteroatoms. The molecule has 3 nitrogen and oxygen atoms in total. The molecule has 2 aromatic carbocycles. The van der Waals surface area contributed by atoms with Crippen molar-refractivity contribution in [3.63, 3.8) is 0 Å². The minimum atomic E-state index is -0.161. The van der Waals surface area contributed by atoms with E-state index in [4.69, 9.17) is 0 Å². The monoisotopic (exact) mass is 296 g/mol. The predicted octanol–water partition coefficient (Wildman–Crippen LogP) is 4.48. The molecule has 0 atom stereocenters. The van der Waals surface area contributed by atoms with Crippen LogP contribution in [0.1, 0.15) is 36.5 Å². The summed E-state index contributed by atoms with van der Waals surface area (Å²) in [5, 5.41) is 5.75. The molecule has 22 heavy (non-hydrogen) atoms. The summed E-state index contributed by atoms with van der Waals surface area (Å²) < 4.78 is 0. The van der Waals surface area contributed by atoms with Gasteiger partial charge in [-0.1, -0.05) is 50.2 Å². The molecule has 2 amide bonds. The molecule has 0 radical (unpaired) electrons. The molecule has 116 valence electrons. The van der Waals surface area contributed by atoms with Crippen molar-refractivity contribution in [1.29, 1.82) is 0 Å². The van der Waals surface area contributed by atoms with E-state index >= 15 is 0 Å². The van der Waals surface area contributed by atoms with Gasteiger partial charge in [-0.25, -0.2) is 4.79 Å². The molecular weight excluding hydrogens is 272 g/mol. The van der Waals surface area contributed by atoms with Crippen molar-refractivity contribution in [2.45, 2.75) is 33.1 Å². The van der Waals surface area contributed by atoms with E-state index in [0.29, 0.717) is 12.5 Å². The van der Waals surface area contributed by atoms with Gasteiger partial charge in [-0.2, -0.15) is 0 Å².